The molecule has 1 aromatic rings. The van der Waals surface area contributed by atoms with Crippen molar-refractivity contribution in [3.05, 3.63) is 29.8 Å². The molecule has 8 nitrogen and oxygen atoms in total. The van der Waals surface area contributed by atoms with Crippen LogP contribution in [0.4, 0.5) is 10.5 Å². The predicted molar refractivity (Wildman–Crippen MR) is 82.4 cm³/mol. The second-order valence-corrected chi connectivity index (χ2v) is 5.39. The quantitative estimate of drug-likeness (QED) is 0.766. The van der Waals surface area contributed by atoms with E-state index in [4.69, 9.17) is 5.26 Å². The zero-order chi connectivity index (χ0) is 16.8. The molecule has 1 aliphatic rings. The van der Waals surface area contributed by atoms with E-state index < -0.39 is 11.8 Å². The van der Waals surface area contributed by atoms with Crippen molar-refractivity contribution in [2.45, 2.75) is 0 Å². The number of carbonyl (C=O) groups excluding carboxylic acids is 4. The first kappa shape index (κ1) is 16.5. The zero-order valence-electron chi connectivity index (χ0n) is 11.9. The Labute approximate surface area is 135 Å². The highest BCUT2D eigenvalue weighted by molar-refractivity contribution is 8.14. The van der Waals surface area contributed by atoms with Crippen LogP contribution in [-0.4, -0.2) is 46.7 Å². The number of anilines is 1. The largest absolute Gasteiger partial charge is 0.346 e. The Morgan fingerprint density at radius 2 is 2.00 bits per heavy atom. The maximum Gasteiger partial charge on any atom is 0.313 e. The van der Waals surface area contributed by atoms with Crippen molar-refractivity contribution in [2.75, 3.05) is 24.2 Å². The maximum absolute atomic E-state index is 11.8. The van der Waals surface area contributed by atoms with Crippen molar-refractivity contribution < 1.29 is 19.2 Å². The fraction of sp³-hybridized carbons (Fsp3) is 0.214. The maximum atomic E-state index is 11.8. The van der Waals surface area contributed by atoms with Gasteiger partial charge in [-0.3, -0.25) is 24.1 Å². The van der Waals surface area contributed by atoms with Gasteiger partial charge in [0.15, 0.2) is 0 Å². The molecule has 1 saturated heterocycles. The minimum atomic E-state index is -0.929. The number of amides is 4. The Balaban J connectivity index is 1.84. The van der Waals surface area contributed by atoms with Crippen molar-refractivity contribution in [3.8, 4) is 6.07 Å². The Morgan fingerprint density at radius 1 is 1.26 bits per heavy atom. The summed E-state index contributed by atoms with van der Waals surface area (Å²) in [5.74, 6) is -2.06. The second kappa shape index (κ2) is 7.42. The van der Waals surface area contributed by atoms with E-state index in [1.165, 1.54) is 12.1 Å². The SMILES string of the molecule is N#Cc1ccccc1NC(=O)C(=O)NCCN1C(=O)CSC1=O. The standard InChI is InChI=1S/C14H12N4O4S/c15-7-9-3-1-2-4-10(9)17-13(21)12(20)16-5-6-18-11(19)8-23-14(18)22/h1-4H,5-6,8H2,(H,16,20)(H,17,21). The fourth-order valence-corrected chi connectivity index (χ4v) is 2.58. The molecule has 0 spiro atoms. The molecule has 0 unspecified atom stereocenters. The third kappa shape index (κ3) is 4.08. The number of hydrogen-bond donors (Lipinski definition) is 2. The number of hydrogen-bond acceptors (Lipinski definition) is 6. The van der Waals surface area contributed by atoms with E-state index in [0.29, 0.717) is 0 Å². The van der Waals surface area contributed by atoms with Gasteiger partial charge in [-0.2, -0.15) is 5.26 Å². The molecule has 118 valence electrons. The van der Waals surface area contributed by atoms with E-state index in [1.807, 2.05) is 6.07 Å². The third-order valence-electron chi connectivity index (χ3n) is 2.96. The van der Waals surface area contributed by atoms with Gasteiger partial charge in [-0.15, -0.1) is 0 Å². The fourth-order valence-electron chi connectivity index (χ4n) is 1.83. The molecule has 2 rings (SSSR count). The van der Waals surface area contributed by atoms with Crippen LogP contribution in [0, 0.1) is 11.3 Å². The number of nitrogens with one attached hydrogen (secondary N) is 2. The molecule has 23 heavy (non-hydrogen) atoms. The minimum Gasteiger partial charge on any atom is -0.346 e. The number of carbonyl (C=O) groups is 4. The topological polar surface area (TPSA) is 119 Å². The number of rotatable bonds is 4. The van der Waals surface area contributed by atoms with Gasteiger partial charge in [-0.05, 0) is 12.1 Å². The average Bonchev–Trinajstić information content (AvgIpc) is 2.87. The molecule has 1 heterocycles. The van der Waals surface area contributed by atoms with Gasteiger partial charge < -0.3 is 10.6 Å². The lowest BCUT2D eigenvalue weighted by molar-refractivity contribution is -0.136. The van der Waals surface area contributed by atoms with Gasteiger partial charge in [0, 0.05) is 13.1 Å². The molecule has 1 aliphatic heterocycles. The van der Waals surface area contributed by atoms with Gasteiger partial charge in [0.05, 0.1) is 17.0 Å². The summed E-state index contributed by atoms with van der Waals surface area (Å²) in [7, 11) is 0. The third-order valence-corrected chi connectivity index (χ3v) is 3.82. The molecule has 0 atom stereocenters. The van der Waals surface area contributed by atoms with Crippen molar-refractivity contribution >= 4 is 40.4 Å². The van der Waals surface area contributed by atoms with E-state index in [0.717, 1.165) is 16.7 Å². The van der Waals surface area contributed by atoms with Crippen molar-refractivity contribution in [1.82, 2.24) is 10.2 Å². The smallest absolute Gasteiger partial charge is 0.313 e. The van der Waals surface area contributed by atoms with Gasteiger partial charge in [0.2, 0.25) is 5.91 Å². The van der Waals surface area contributed by atoms with Crippen LogP contribution in [0.1, 0.15) is 5.56 Å². The Bertz CT molecular complexity index is 697. The highest BCUT2D eigenvalue weighted by Crippen LogP contribution is 2.17. The van der Waals surface area contributed by atoms with Crippen molar-refractivity contribution in [1.29, 1.82) is 5.26 Å². The first-order valence-electron chi connectivity index (χ1n) is 6.58. The highest BCUT2D eigenvalue weighted by Gasteiger charge is 2.29. The summed E-state index contributed by atoms with van der Waals surface area (Å²) in [6.07, 6.45) is 0. The first-order chi connectivity index (χ1) is 11.0. The van der Waals surface area contributed by atoms with Gasteiger partial charge >= 0.3 is 11.8 Å². The lowest BCUT2D eigenvalue weighted by Gasteiger charge is -2.13. The van der Waals surface area contributed by atoms with Crippen molar-refractivity contribution in [2.24, 2.45) is 0 Å². The van der Waals surface area contributed by atoms with E-state index in [9.17, 15) is 19.2 Å². The molecule has 0 radical (unpaired) electrons. The van der Waals surface area contributed by atoms with Crippen LogP contribution in [0.15, 0.2) is 24.3 Å². The van der Waals surface area contributed by atoms with Crippen molar-refractivity contribution in [3.63, 3.8) is 0 Å². The average molecular weight is 332 g/mol. The molecule has 1 fully saturated rings. The zero-order valence-corrected chi connectivity index (χ0v) is 12.7. The molecule has 0 aliphatic carbocycles. The molecule has 1 aromatic carbocycles. The van der Waals surface area contributed by atoms with Crippen LogP contribution in [-0.2, 0) is 14.4 Å². The summed E-state index contributed by atoms with van der Waals surface area (Å²) in [5, 5.41) is 13.2. The minimum absolute atomic E-state index is 0.0124. The molecule has 0 bridgehead atoms. The van der Waals surface area contributed by atoms with Crippen LogP contribution >= 0.6 is 11.8 Å². The van der Waals surface area contributed by atoms with Gasteiger partial charge in [-0.25, -0.2) is 0 Å². The van der Waals surface area contributed by atoms with E-state index >= 15 is 0 Å². The Hall–Kier alpha value is -2.86. The number of para-hydroxylation sites is 1. The normalized spacial score (nSPS) is 13.6. The molecular weight excluding hydrogens is 320 g/mol. The van der Waals surface area contributed by atoms with Gasteiger partial charge in [0.25, 0.3) is 5.24 Å². The summed E-state index contributed by atoms with van der Waals surface area (Å²) < 4.78 is 0. The predicted octanol–water partition coefficient (Wildman–Crippen LogP) is 0.308. The number of benzene rings is 1. The summed E-state index contributed by atoms with van der Waals surface area (Å²) in [6.45, 7) is -0.0113. The first-order valence-corrected chi connectivity index (χ1v) is 7.57. The van der Waals surface area contributed by atoms with Gasteiger partial charge in [0.1, 0.15) is 6.07 Å². The Kier molecular flexibility index (Phi) is 5.32. The van der Waals surface area contributed by atoms with Crippen LogP contribution < -0.4 is 10.6 Å². The highest BCUT2D eigenvalue weighted by atomic mass is 32.2. The number of imide groups is 1. The molecule has 2 N–H and O–H groups in total. The molecule has 4 amide bonds. The van der Waals surface area contributed by atoms with Crippen LogP contribution in [0.3, 0.4) is 0 Å². The van der Waals surface area contributed by atoms with Crippen LogP contribution in [0.5, 0.6) is 0 Å². The lowest BCUT2D eigenvalue weighted by Crippen LogP contribution is -2.41. The van der Waals surface area contributed by atoms with Crippen LogP contribution in [0.2, 0.25) is 0 Å². The van der Waals surface area contributed by atoms with E-state index in [-0.39, 0.29) is 41.2 Å². The van der Waals surface area contributed by atoms with E-state index in [1.54, 1.807) is 12.1 Å². The number of nitriles is 1. The summed E-state index contributed by atoms with van der Waals surface area (Å²) >= 11 is 0.899. The number of nitrogens with zero attached hydrogens (tertiary/aromatic N) is 2. The Morgan fingerprint density at radius 3 is 2.65 bits per heavy atom. The molecular formula is C14H12N4O4S. The van der Waals surface area contributed by atoms with Gasteiger partial charge in [-0.1, -0.05) is 23.9 Å². The number of thioether (sulfide) groups is 1. The summed E-state index contributed by atoms with van der Waals surface area (Å²) in [6, 6.07) is 8.17. The summed E-state index contributed by atoms with van der Waals surface area (Å²) in [5.41, 5.74) is 0.468. The molecule has 9 heteroatoms. The van der Waals surface area contributed by atoms with Crippen LogP contribution in [0.25, 0.3) is 0 Å². The monoisotopic (exact) mass is 332 g/mol. The molecule has 0 saturated carbocycles. The summed E-state index contributed by atoms with van der Waals surface area (Å²) in [4.78, 5) is 47.2. The van der Waals surface area contributed by atoms with E-state index in [2.05, 4.69) is 10.6 Å². The molecule has 0 aromatic heterocycles. The lowest BCUT2D eigenvalue weighted by atomic mass is 10.2. The second-order valence-electron chi connectivity index (χ2n) is 4.47.